The number of benzene rings is 1. The summed E-state index contributed by atoms with van der Waals surface area (Å²) >= 11 is 6.61. The van der Waals surface area contributed by atoms with Crippen molar-refractivity contribution in [2.45, 2.75) is 40.0 Å². The summed E-state index contributed by atoms with van der Waals surface area (Å²) in [5.41, 5.74) is 2.45. The Morgan fingerprint density at radius 3 is 2.61 bits per heavy atom. The van der Waals surface area contributed by atoms with E-state index < -0.39 is 0 Å². The van der Waals surface area contributed by atoms with Gasteiger partial charge in [-0.2, -0.15) is 4.98 Å². The Kier molecular flexibility index (Phi) is 6.95. The molecule has 0 aliphatic carbocycles. The van der Waals surface area contributed by atoms with E-state index in [2.05, 4.69) is 18.8 Å². The zero-order valence-corrected chi connectivity index (χ0v) is 20.5. The molecule has 3 heterocycles. The van der Waals surface area contributed by atoms with Crippen molar-refractivity contribution in [3.05, 3.63) is 74.5 Å². The smallest absolute Gasteiger partial charge is 0.269 e. The van der Waals surface area contributed by atoms with Crippen LogP contribution in [-0.4, -0.2) is 31.1 Å². The molecule has 2 aromatic heterocycles. The molecule has 1 saturated heterocycles. The summed E-state index contributed by atoms with van der Waals surface area (Å²) in [7, 11) is 0. The number of aryl methyl sites for hydroxylation is 2. The van der Waals surface area contributed by atoms with Gasteiger partial charge < -0.3 is 4.74 Å². The van der Waals surface area contributed by atoms with E-state index in [1.807, 2.05) is 37.3 Å². The first kappa shape index (κ1) is 23.2. The van der Waals surface area contributed by atoms with Crippen molar-refractivity contribution in [1.29, 1.82) is 0 Å². The third kappa shape index (κ3) is 4.72. The largest absolute Gasteiger partial charge is 0.438 e. The normalized spacial score (nSPS) is 15.1. The van der Waals surface area contributed by atoms with Crippen LogP contribution in [-0.2, 0) is 11.2 Å². The Labute approximate surface area is 202 Å². The average molecular weight is 480 g/mol. The average Bonchev–Trinajstić information content (AvgIpc) is 3.08. The maximum absolute atomic E-state index is 13.5. The molecule has 33 heavy (non-hydrogen) atoms. The summed E-state index contributed by atoms with van der Waals surface area (Å²) in [5, 5.41) is 0. The first-order valence-electron chi connectivity index (χ1n) is 11.0. The molecule has 1 aromatic carbocycles. The molecule has 0 saturated carbocycles. The number of thiocarbonyl (C=S) groups is 1. The number of carbonyl (C=O) groups excluding carboxylic acids is 1. The number of ether oxygens (including phenoxy) is 1. The van der Waals surface area contributed by atoms with Gasteiger partial charge in [-0.1, -0.05) is 62.4 Å². The highest BCUT2D eigenvalue weighted by atomic mass is 32.2. The Bertz CT molecular complexity index is 1310. The molecule has 170 valence electrons. The van der Waals surface area contributed by atoms with Gasteiger partial charge in [0.05, 0.1) is 4.91 Å². The molecule has 0 radical (unpaired) electrons. The first-order chi connectivity index (χ1) is 15.9. The number of rotatable bonds is 7. The zero-order chi connectivity index (χ0) is 23.5. The topological polar surface area (TPSA) is 63.9 Å². The minimum Gasteiger partial charge on any atom is -0.438 e. The number of aromatic nitrogens is 2. The van der Waals surface area contributed by atoms with Crippen molar-refractivity contribution in [1.82, 2.24) is 14.3 Å². The zero-order valence-electron chi connectivity index (χ0n) is 18.8. The van der Waals surface area contributed by atoms with E-state index in [4.69, 9.17) is 17.0 Å². The van der Waals surface area contributed by atoms with Crippen LogP contribution in [0.5, 0.6) is 11.6 Å². The number of unbranched alkanes of at least 4 members (excludes halogenated alkanes) is 1. The quantitative estimate of drug-likeness (QED) is 0.336. The second-order valence-corrected chi connectivity index (χ2v) is 9.48. The molecule has 6 nitrogen and oxygen atoms in total. The molecule has 1 aliphatic rings. The fraction of sp³-hybridized carbons (Fsp3) is 0.280. The molecule has 0 spiro atoms. The minimum atomic E-state index is -0.303. The maximum atomic E-state index is 13.5. The molecule has 4 rings (SSSR count). The van der Waals surface area contributed by atoms with Crippen LogP contribution in [0.4, 0.5) is 0 Å². The highest BCUT2D eigenvalue weighted by Gasteiger charge is 2.32. The van der Waals surface area contributed by atoms with Gasteiger partial charge in [0.25, 0.3) is 11.5 Å². The van der Waals surface area contributed by atoms with Gasteiger partial charge >= 0.3 is 0 Å². The number of carbonyl (C=O) groups is 1. The molecule has 1 fully saturated rings. The first-order valence-corrected chi connectivity index (χ1v) is 12.2. The van der Waals surface area contributed by atoms with Crippen LogP contribution in [0.25, 0.3) is 11.7 Å². The summed E-state index contributed by atoms with van der Waals surface area (Å²) in [5.74, 6) is 0.546. The van der Waals surface area contributed by atoms with Gasteiger partial charge in [-0.15, -0.1) is 0 Å². The molecule has 3 aromatic rings. The highest BCUT2D eigenvalue weighted by molar-refractivity contribution is 8.26. The van der Waals surface area contributed by atoms with Crippen molar-refractivity contribution in [2.75, 3.05) is 6.54 Å². The van der Waals surface area contributed by atoms with Gasteiger partial charge in [0, 0.05) is 12.7 Å². The molecule has 0 unspecified atom stereocenters. The van der Waals surface area contributed by atoms with Crippen LogP contribution in [0.15, 0.2) is 52.3 Å². The van der Waals surface area contributed by atoms with Gasteiger partial charge in [0.1, 0.15) is 21.3 Å². The van der Waals surface area contributed by atoms with Gasteiger partial charge in [-0.05, 0) is 55.2 Å². The molecular weight excluding hydrogens is 454 g/mol. The highest BCUT2D eigenvalue weighted by Crippen LogP contribution is 2.34. The molecule has 0 bridgehead atoms. The van der Waals surface area contributed by atoms with Crippen molar-refractivity contribution < 1.29 is 9.53 Å². The standard InChI is InChI=1S/C25H25N3O3S2/c1-4-6-13-28-24(30)20(33-25(28)32)15-19-22(31-18-11-9-17(5-2)10-12-18)26-21-16(3)8-7-14-27(21)23(19)29/h7-12,14-15H,4-6,13H2,1-3H3/b20-15+. The molecule has 0 N–H and O–H groups in total. The van der Waals surface area contributed by atoms with Crippen LogP contribution in [0.2, 0.25) is 0 Å². The lowest BCUT2D eigenvalue weighted by Gasteiger charge is -2.13. The van der Waals surface area contributed by atoms with Crippen LogP contribution >= 0.6 is 24.0 Å². The summed E-state index contributed by atoms with van der Waals surface area (Å²) in [6, 6.07) is 11.4. The monoisotopic (exact) mass is 479 g/mol. The molecule has 8 heteroatoms. The van der Waals surface area contributed by atoms with Crippen LogP contribution in [0.3, 0.4) is 0 Å². The van der Waals surface area contributed by atoms with E-state index in [1.54, 1.807) is 23.2 Å². The number of pyridine rings is 1. The number of thioether (sulfide) groups is 1. The number of hydrogen-bond donors (Lipinski definition) is 0. The van der Waals surface area contributed by atoms with Gasteiger partial charge in [0.15, 0.2) is 0 Å². The fourth-order valence-corrected chi connectivity index (χ4v) is 4.83. The molecular formula is C25H25N3O3S2. The number of fused-ring (bicyclic) bond motifs is 1. The summed E-state index contributed by atoms with van der Waals surface area (Å²) in [6.45, 7) is 6.60. The third-order valence-corrected chi connectivity index (χ3v) is 6.86. The van der Waals surface area contributed by atoms with Crippen LogP contribution < -0.4 is 10.3 Å². The van der Waals surface area contributed by atoms with E-state index in [1.165, 1.54) is 21.7 Å². The Balaban J connectivity index is 1.82. The lowest BCUT2D eigenvalue weighted by molar-refractivity contribution is -0.122. The number of amides is 1. The molecule has 0 atom stereocenters. The Hall–Kier alpha value is -2.97. The second kappa shape index (κ2) is 9.89. The van der Waals surface area contributed by atoms with Crippen molar-refractivity contribution in [2.24, 2.45) is 0 Å². The van der Waals surface area contributed by atoms with Crippen molar-refractivity contribution in [3.63, 3.8) is 0 Å². The van der Waals surface area contributed by atoms with Crippen molar-refractivity contribution >= 4 is 45.9 Å². The second-order valence-electron chi connectivity index (χ2n) is 7.81. The van der Waals surface area contributed by atoms with E-state index in [9.17, 15) is 9.59 Å². The van der Waals surface area contributed by atoms with Gasteiger partial charge in [-0.3, -0.25) is 18.9 Å². The summed E-state index contributed by atoms with van der Waals surface area (Å²) in [6.07, 6.45) is 5.97. The van der Waals surface area contributed by atoms with Gasteiger partial charge in [0.2, 0.25) is 5.88 Å². The predicted octanol–water partition coefficient (Wildman–Crippen LogP) is 5.36. The predicted molar refractivity (Wildman–Crippen MR) is 137 cm³/mol. The maximum Gasteiger partial charge on any atom is 0.269 e. The van der Waals surface area contributed by atoms with Crippen molar-refractivity contribution in [3.8, 4) is 11.6 Å². The van der Waals surface area contributed by atoms with Crippen LogP contribution in [0.1, 0.15) is 43.4 Å². The molecule has 1 amide bonds. The summed E-state index contributed by atoms with van der Waals surface area (Å²) in [4.78, 5) is 33.1. The SMILES string of the molecule is CCCCN1C(=O)/C(=C\c2c(Oc3ccc(CC)cc3)nc3c(C)cccn3c2=O)SC1=S. The lowest BCUT2D eigenvalue weighted by atomic mass is 10.2. The van der Waals surface area contributed by atoms with E-state index in [0.717, 1.165) is 24.8 Å². The molecule has 1 aliphatic heterocycles. The Morgan fingerprint density at radius 2 is 1.91 bits per heavy atom. The minimum absolute atomic E-state index is 0.164. The summed E-state index contributed by atoms with van der Waals surface area (Å²) < 4.78 is 8.06. The fourth-order valence-electron chi connectivity index (χ4n) is 3.54. The van der Waals surface area contributed by atoms with E-state index in [-0.39, 0.29) is 22.9 Å². The van der Waals surface area contributed by atoms with Gasteiger partial charge in [-0.25, -0.2) is 0 Å². The van der Waals surface area contributed by atoms with E-state index in [0.29, 0.717) is 27.2 Å². The number of hydrogen-bond acceptors (Lipinski definition) is 6. The van der Waals surface area contributed by atoms with E-state index >= 15 is 0 Å². The third-order valence-electron chi connectivity index (χ3n) is 5.48. The lowest BCUT2D eigenvalue weighted by Crippen LogP contribution is -2.29. The number of nitrogens with zero attached hydrogens (tertiary/aromatic N) is 3. The van der Waals surface area contributed by atoms with Crippen LogP contribution in [0, 0.1) is 6.92 Å². The Morgan fingerprint density at radius 1 is 1.15 bits per heavy atom.